The second-order valence-electron chi connectivity index (χ2n) is 19.4. The van der Waals surface area contributed by atoms with Crippen molar-refractivity contribution in [2.24, 2.45) is 0 Å². The summed E-state index contributed by atoms with van der Waals surface area (Å²) in [6.07, 6.45) is 48.3. The highest BCUT2D eigenvalue weighted by Gasteiger charge is 2.44. The van der Waals surface area contributed by atoms with Crippen LogP contribution in [-0.4, -0.2) is 89.6 Å². The van der Waals surface area contributed by atoms with E-state index in [2.05, 4.69) is 26.0 Å². The van der Waals surface area contributed by atoms with Gasteiger partial charge in [-0.3, -0.25) is 4.79 Å². The molecule has 0 aromatic heterocycles. The molecule has 0 aromatic rings. The fourth-order valence-corrected chi connectivity index (χ4v) is 8.84. The molecular weight excluding hydrogens is 805 g/mol. The third-order valence-electron chi connectivity index (χ3n) is 13.2. The number of esters is 1. The Morgan fingerprint density at radius 3 is 1.27 bits per heavy atom. The topological polar surface area (TPSA) is 135 Å². The monoisotopic (exact) mass is 911 g/mol. The molecule has 0 bridgehead atoms. The molecule has 9 nitrogen and oxygen atoms in total. The van der Waals surface area contributed by atoms with Crippen LogP contribution in [0.5, 0.6) is 0 Å². The molecule has 64 heavy (non-hydrogen) atoms. The van der Waals surface area contributed by atoms with E-state index >= 15 is 0 Å². The van der Waals surface area contributed by atoms with E-state index in [0.717, 1.165) is 32.1 Å². The summed E-state index contributed by atoms with van der Waals surface area (Å²) in [5, 5.41) is 40.3. The van der Waals surface area contributed by atoms with Crippen LogP contribution in [0, 0.1) is 0 Å². The second kappa shape index (κ2) is 47.0. The predicted molar refractivity (Wildman–Crippen MR) is 266 cm³/mol. The summed E-state index contributed by atoms with van der Waals surface area (Å²) in [5.74, 6) is -0.307. The molecule has 0 aromatic carbocycles. The lowest BCUT2D eigenvalue weighted by molar-refractivity contribution is -0.305. The third-order valence-corrected chi connectivity index (χ3v) is 13.2. The van der Waals surface area contributed by atoms with Crippen LogP contribution in [0.15, 0.2) is 12.2 Å². The van der Waals surface area contributed by atoms with Crippen LogP contribution in [0.4, 0.5) is 0 Å². The summed E-state index contributed by atoms with van der Waals surface area (Å²) < 4.78 is 22.9. The maximum absolute atomic E-state index is 12.9. The van der Waals surface area contributed by atoms with E-state index in [1.165, 1.54) is 218 Å². The SMILES string of the molecule is CCCCCCCC/C=C\CCCCCCCCCCOCC(COC1OC(CO)C(O)C(O)C1O)OC(=O)CCCCCCCCCCCCCCCCCCCCCCCCC. The van der Waals surface area contributed by atoms with Gasteiger partial charge < -0.3 is 39.4 Å². The van der Waals surface area contributed by atoms with Crippen molar-refractivity contribution in [1.29, 1.82) is 0 Å². The highest BCUT2D eigenvalue weighted by atomic mass is 16.7. The fourth-order valence-electron chi connectivity index (χ4n) is 8.84. The zero-order chi connectivity index (χ0) is 46.4. The van der Waals surface area contributed by atoms with E-state index in [9.17, 15) is 25.2 Å². The number of hydrogen-bond acceptors (Lipinski definition) is 9. The molecule has 0 amide bonds. The first-order chi connectivity index (χ1) is 31.4. The summed E-state index contributed by atoms with van der Waals surface area (Å²) in [5.41, 5.74) is 0. The van der Waals surface area contributed by atoms with Gasteiger partial charge in [-0.05, 0) is 38.5 Å². The van der Waals surface area contributed by atoms with Crippen LogP contribution in [0.3, 0.4) is 0 Å². The lowest BCUT2D eigenvalue weighted by Crippen LogP contribution is -2.59. The zero-order valence-corrected chi connectivity index (χ0v) is 42.1. The van der Waals surface area contributed by atoms with Gasteiger partial charge in [0.25, 0.3) is 0 Å². The van der Waals surface area contributed by atoms with Gasteiger partial charge in [0.05, 0.1) is 19.8 Å². The van der Waals surface area contributed by atoms with Crippen molar-refractivity contribution in [3.63, 3.8) is 0 Å². The van der Waals surface area contributed by atoms with Crippen LogP contribution in [-0.2, 0) is 23.7 Å². The average Bonchev–Trinajstić information content (AvgIpc) is 3.30. The molecule has 1 aliphatic heterocycles. The van der Waals surface area contributed by atoms with Gasteiger partial charge in [0.1, 0.15) is 30.5 Å². The number of unbranched alkanes of at least 4 members (excludes halogenated alkanes) is 36. The van der Waals surface area contributed by atoms with Gasteiger partial charge >= 0.3 is 5.97 Å². The molecular formula is C55H106O9. The van der Waals surface area contributed by atoms with Crippen molar-refractivity contribution >= 4 is 5.97 Å². The summed E-state index contributed by atoms with van der Waals surface area (Å²) in [4.78, 5) is 12.9. The largest absolute Gasteiger partial charge is 0.457 e. The maximum atomic E-state index is 12.9. The number of hydrogen-bond donors (Lipinski definition) is 4. The molecule has 0 aliphatic carbocycles. The maximum Gasteiger partial charge on any atom is 0.306 e. The number of aliphatic hydroxyl groups excluding tert-OH is 4. The molecule has 6 atom stereocenters. The Kier molecular flexibility index (Phi) is 44.8. The summed E-state index contributed by atoms with van der Waals surface area (Å²) in [7, 11) is 0. The van der Waals surface area contributed by atoms with Gasteiger partial charge in [-0.2, -0.15) is 0 Å². The van der Waals surface area contributed by atoms with Crippen LogP contribution < -0.4 is 0 Å². The van der Waals surface area contributed by atoms with Crippen LogP contribution >= 0.6 is 0 Å². The highest BCUT2D eigenvalue weighted by molar-refractivity contribution is 5.69. The highest BCUT2D eigenvalue weighted by Crippen LogP contribution is 2.23. The molecule has 9 heteroatoms. The standard InChI is InChI=1S/C55H106O9/c1-3-5-7-9-11-13-15-17-19-21-23-24-25-26-27-28-30-32-34-36-38-40-42-44-51(57)63-49(48-62-55-54(60)53(59)52(58)50(46-56)64-55)47-61-45-43-41-39-37-35-33-31-29-22-20-18-16-14-12-10-8-6-4-2/h18,20,49-50,52-56,58-60H,3-17,19,21-48H2,1-2H3/b20-18-. The molecule has 0 saturated carbocycles. The number of ether oxygens (including phenoxy) is 4. The summed E-state index contributed by atoms with van der Waals surface area (Å²) in [6, 6.07) is 0. The van der Waals surface area contributed by atoms with E-state index in [-0.39, 0.29) is 19.2 Å². The molecule has 1 rings (SSSR count). The molecule has 1 aliphatic rings. The zero-order valence-electron chi connectivity index (χ0n) is 42.1. The molecule has 1 heterocycles. The summed E-state index contributed by atoms with van der Waals surface area (Å²) in [6.45, 7) is 4.61. The Morgan fingerprint density at radius 2 is 0.859 bits per heavy atom. The molecule has 4 N–H and O–H groups in total. The first-order valence-corrected chi connectivity index (χ1v) is 27.8. The van der Waals surface area contributed by atoms with Crippen LogP contribution in [0.2, 0.25) is 0 Å². The van der Waals surface area contributed by atoms with E-state index < -0.39 is 43.4 Å². The summed E-state index contributed by atoms with van der Waals surface area (Å²) >= 11 is 0. The Hall–Kier alpha value is -1.07. The number of rotatable bonds is 49. The van der Waals surface area contributed by atoms with E-state index in [0.29, 0.717) is 13.0 Å². The van der Waals surface area contributed by atoms with Gasteiger partial charge in [-0.15, -0.1) is 0 Å². The van der Waals surface area contributed by atoms with Crippen LogP contribution in [0.1, 0.15) is 271 Å². The van der Waals surface area contributed by atoms with Crippen LogP contribution in [0.25, 0.3) is 0 Å². The van der Waals surface area contributed by atoms with Crippen molar-refractivity contribution in [1.82, 2.24) is 0 Å². The molecule has 0 radical (unpaired) electrons. The average molecular weight is 911 g/mol. The first-order valence-electron chi connectivity index (χ1n) is 27.8. The van der Waals surface area contributed by atoms with Gasteiger partial charge in [-0.25, -0.2) is 0 Å². The van der Waals surface area contributed by atoms with Crippen molar-refractivity contribution in [3.05, 3.63) is 12.2 Å². The minimum absolute atomic E-state index is 0.108. The van der Waals surface area contributed by atoms with Gasteiger partial charge in [0, 0.05) is 13.0 Å². The molecule has 380 valence electrons. The molecule has 6 unspecified atom stereocenters. The number of carbonyl (C=O) groups excluding carboxylic acids is 1. The lowest BCUT2D eigenvalue weighted by atomic mass is 9.99. The number of aliphatic hydroxyl groups is 4. The van der Waals surface area contributed by atoms with E-state index in [1.807, 2.05) is 0 Å². The lowest BCUT2D eigenvalue weighted by Gasteiger charge is -2.39. The van der Waals surface area contributed by atoms with Gasteiger partial charge in [0.2, 0.25) is 0 Å². The Balaban J connectivity index is 2.15. The second-order valence-corrected chi connectivity index (χ2v) is 19.4. The quantitative estimate of drug-likeness (QED) is 0.0267. The minimum Gasteiger partial charge on any atom is -0.457 e. The molecule has 0 spiro atoms. The Labute approximate surface area is 395 Å². The smallest absolute Gasteiger partial charge is 0.306 e. The normalized spacial score (nSPS) is 19.5. The first kappa shape index (κ1) is 60.9. The Morgan fingerprint density at radius 1 is 0.484 bits per heavy atom. The van der Waals surface area contributed by atoms with E-state index in [1.54, 1.807) is 0 Å². The number of allylic oxidation sites excluding steroid dienone is 2. The molecule has 1 fully saturated rings. The van der Waals surface area contributed by atoms with Crippen molar-refractivity contribution in [2.75, 3.05) is 26.4 Å². The van der Waals surface area contributed by atoms with E-state index in [4.69, 9.17) is 18.9 Å². The van der Waals surface area contributed by atoms with Gasteiger partial charge in [0.15, 0.2) is 6.29 Å². The van der Waals surface area contributed by atoms with Crippen molar-refractivity contribution < 1.29 is 44.2 Å². The van der Waals surface area contributed by atoms with Gasteiger partial charge in [-0.1, -0.05) is 238 Å². The van der Waals surface area contributed by atoms with Crippen molar-refractivity contribution in [3.8, 4) is 0 Å². The number of carbonyl (C=O) groups is 1. The molecule has 1 saturated heterocycles. The fraction of sp³-hybridized carbons (Fsp3) is 0.945. The minimum atomic E-state index is -1.53. The predicted octanol–water partition coefficient (Wildman–Crippen LogP) is 13.9. The third kappa shape index (κ3) is 37.0. The Bertz CT molecular complexity index is 993. The van der Waals surface area contributed by atoms with Crippen molar-refractivity contribution in [2.45, 2.75) is 307 Å².